The number of halogens is 1. The molecule has 0 amide bonds. The average Bonchev–Trinajstić information content (AvgIpc) is 2.63. The Labute approximate surface area is 92.9 Å². The van der Waals surface area contributed by atoms with Crippen LogP contribution in [0.5, 0.6) is 0 Å². The third-order valence-corrected chi connectivity index (χ3v) is 2.38. The normalized spacial score (nSPS) is 10.4. The van der Waals surface area contributed by atoms with E-state index in [9.17, 15) is 4.39 Å². The molecule has 0 aliphatic carbocycles. The molecule has 0 radical (unpaired) electrons. The molecule has 0 spiro atoms. The van der Waals surface area contributed by atoms with Crippen LogP contribution in [-0.2, 0) is 13.6 Å². The molecule has 16 heavy (non-hydrogen) atoms. The molecule has 0 fully saturated rings. The molecule has 2 rings (SSSR count). The van der Waals surface area contributed by atoms with Crippen molar-refractivity contribution in [2.75, 3.05) is 11.1 Å². The SMILES string of the molecule is Cn1nccc1CNc1ccc(N)cc1F. The zero-order valence-electron chi connectivity index (χ0n) is 8.94. The van der Waals surface area contributed by atoms with Crippen LogP contribution < -0.4 is 11.1 Å². The summed E-state index contributed by atoms with van der Waals surface area (Å²) < 4.78 is 15.2. The Morgan fingerprint density at radius 2 is 2.25 bits per heavy atom. The van der Waals surface area contributed by atoms with Crippen molar-refractivity contribution in [3.63, 3.8) is 0 Å². The predicted octanol–water partition coefficient (Wildman–Crippen LogP) is 1.75. The molecule has 1 aromatic heterocycles. The van der Waals surface area contributed by atoms with E-state index in [1.807, 2.05) is 13.1 Å². The van der Waals surface area contributed by atoms with E-state index in [0.29, 0.717) is 17.9 Å². The Balaban J connectivity index is 2.08. The number of anilines is 2. The summed E-state index contributed by atoms with van der Waals surface area (Å²) in [6.07, 6.45) is 1.70. The molecule has 2 aromatic rings. The van der Waals surface area contributed by atoms with Gasteiger partial charge in [-0.1, -0.05) is 0 Å². The molecule has 0 saturated carbocycles. The number of nitrogens with two attached hydrogens (primary N) is 1. The highest BCUT2D eigenvalue weighted by Crippen LogP contribution is 2.17. The van der Waals surface area contributed by atoms with Crippen LogP contribution in [0.4, 0.5) is 15.8 Å². The molecule has 84 valence electrons. The molecule has 5 heteroatoms. The predicted molar refractivity (Wildman–Crippen MR) is 61.3 cm³/mol. The lowest BCUT2D eigenvalue weighted by Crippen LogP contribution is -2.06. The second-order valence-corrected chi connectivity index (χ2v) is 3.54. The van der Waals surface area contributed by atoms with Crippen LogP contribution in [-0.4, -0.2) is 9.78 Å². The van der Waals surface area contributed by atoms with Crippen molar-refractivity contribution in [2.45, 2.75) is 6.54 Å². The Morgan fingerprint density at radius 3 is 2.88 bits per heavy atom. The molecule has 0 bridgehead atoms. The van der Waals surface area contributed by atoms with E-state index in [-0.39, 0.29) is 5.82 Å². The van der Waals surface area contributed by atoms with Gasteiger partial charge in [-0.25, -0.2) is 4.39 Å². The maximum Gasteiger partial charge on any atom is 0.148 e. The van der Waals surface area contributed by atoms with Gasteiger partial charge in [-0.15, -0.1) is 0 Å². The first-order valence-electron chi connectivity index (χ1n) is 4.92. The van der Waals surface area contributed by atoms with Crippen LogP contribution in [0.2, 0.25) is 0 Å². The van der Waals surface area contributed by atoms with Crippen LogP contribution in [0, 0.1) is 5.82 Å². The molecule has 1 aromatic carbocycles. The number of hydrogen-bond acceptors (Lipinski definition) is 3. The highest BCUT2D eigenvalue weighted by molar-refractivity contribution is 5.52. The van der Waals surface area contributed by atoms with Gasteiger partial charge in [-0.05, 0) is 24.3 Å². The number of rotatable bonds is 3. The summed E-state index contributed by atoms with van der Waals surface area (Å²) in [5, 5.41) is 7.02. The van der Waals surface area contributed by atoms with E-state index in [1.54, 1.807) is 23.0 Å². The van der Waals surface area contributed by atoms with Crippen molar-refractivity contribution in [2.24, 2.45) is 7.05 Å². The Hall–Kier alpha value is -2.04. The lowest BCUT2D eigenvalue weighted by molar-refractivity contribution is 0.629. The molecule has 0 saturated heterocycles. The number of aryl methyl sites for hydroxylation is 1. The van der Waals surface area contributed by atoms with Crippen LogP contribution in [0.15, 0.2) is 30.5 Å². The minimum atomic E-state index is -0.345. The Bertz CT molecular complexity index is 492. The number of aromatic nitrogens is 2. The monoisotopic (exact) mass is 220 g/mol. The fourth-order valence-electron chi connectivity index (χ4n) is 1.44. The largest absolute Gasteiger partial charge is 0.399 e. The molecular formula is C11H13FN4. The van der Waals surface area contributed by atoms with Gasteiger partial charge in [-0.2, -0.15) is 5.10 Å². The topological polar surface area (TPSA) is 55.9 Å². The number of nitrogen functional groups attached to an aromatic ring is 1. The summed E-state index contributed by atoms with van der Waals surface area (Å²) in [4.78, 5) is 0. The van der Waals surface area contributed by atoms with E-state index in [4.69, 9.17) is 5.73 Å². The minimum Gasteiger partial charge on any atom is -0.399 e. The summed E-state index contributed by atoms with van der Waals surface area (Å²) >= 11 is 0. The second kappa shape index (κ2) is 4.22. The number of hydrogen-bond donors (Lipinski definition) is 2. The average molecular weight is 220 g/mol. The summed E-state index contributed by atoms with van der Waals surface area (Å²) in [5.41, 5.74) is 7.30. The fourth-order valence-corrected chi connectivity index (χ4v) is 1.44. The van der Waals surface area contributed by atoms with Gasteiger partial charge in [0.1, 0.15) is 5.82 Å². The van der Waals surface area contributed by atoms with Gasteiger partial charge in [0.05, 0.1) is 17.9 Å². The fraction of sp³-hybridized carbons (Fsp3) is 0.182. The third-order valence-electron chi connectivity index (χ3n) is 2.38. The van der Waals surface area contributed by atoms with Gasteiger partial charge >= 0.3 is 0 Å². The standard InChI is InChI=1S/C11H13FN4/c1-16-9(4-5-15-16)7-14-11-3-2-8(13)6-10(11)12/h2-6,14H,7,13H2,1H3. The van der Waals surface area contributed by atoms with Crippen molar-refractivity contribution in [1.82, 2.24) is 9.78 Å². The van der Waals surface area contributed by atoms with Crippen LogP contribution in [0.25, 0.3) is 0 Å². The Morgan fingerprint density at radius 1 is 1.44 bits per heavy atom. The summed E-state index contributed by atoms with van der Waals surface area (Å²) in [7, 11) is 1.84. The third kappa shape index (κ3) is 2.13. The van der Waals surface area contributed by atoms with E-state index in [1.165, 1.54) is 6.07 Å². The van der Waals surface area contributed by atoms with Crippen molar-refractivity contribution < 1.29 is 4.39 Å². The van der Waals surface area contributed by atoms with Crippen molar-refractivity contribution in [3.8, 4) is 0 Å². The Kier molecular flexibility index (Phi) is 2.76. The maximum absolute atomic E-state index is 13.4. The maximum atomic E-state index is 13.4. The molecule has 0 aliphatic rings. The molecule has 4 nitrogen and oxygen atoms in total. The smallest absolute Gasteiger partial charge is 0.148 e. The first-order valence-corrected chi connectivity index (χ1v) is 4.92. The highest BCUT2D eigenvalue weighted by Gasteiger charge is 2.03. The lowest BCUT2D eigenvalue weighted by Gasteiger charge is -2.08. The first-order chi connectivity index (χ1) is 7.66. The zero-order chi connectivity index (χ0) is 11.5. The molecule has 0 unspecified atom stereocenters. The summed E-state index contributed by atoms with van der Waals surface area (Å²) in [5.74, 6) is -0.345. The molecule has 0 aliphatic heterocycles. The van der Waals surface area contributed by atoms with E-state index in [0.717, 1.165) is 5.69 Å². The highest BCUT2D eigenvalue weighted by atomic mass is 19.1. The second-order valence-electron chi connectivity index (χ2n) is 3.54. The van der Waals surface area contributed by atoms with E-state index in [2.05, 4.69) is 10.4 Å². The minimum absolute atomic E-state index is 0.345. The van der Waals surface area contributed by atoms with Crippen molar-refractivity contribution >= 4 is 11.4 Å². The van der Waals surface area contributed by atoms with Crippen LogP contribution in [0.3, 0.4) is 0 Å². The number of benzene rings is 1. The number of nitrogens with one attached hydrogen (secondary N) is 1. The number of nitrogens with zero attached hydrogens (tertiary/aromatic N) is 2. The molecule has 3 N–H and O–H groups in total. The zero-order valence-corrected chi connectivity index (χ0v) is 8.94. The van der Waals surface area contributed by atoms with Crippen molar-refractivity contribution in [3.05, 3.63) is 42.0 Å². The van der Waals surface area contributed by atoms with Crippen LogP contribution in [0.1, 0.15) is 5.69 Å². The van der Waals surface area contributed by atoms with Gasteiger partial charge in [0.25, 0.3) is 0 Å². The molecular weight excluding hydrogens is 207 g/mol. The van der Waals surface area contributed by atoms with Gasteiger partial charge in [0, 0.05) is 18.9 Å². The van der Waals surface area contributed by atoms with Gasteiger partial charge in [0.15, 0.2) is 0 Å². The van der Waals surface area contributed by atoms with Gasteiger partial charge in [-0.3, -0.25) is 4.68 Å². The molecule has 1 heterocycles. The quantitative estimate of drug-likeness (QED) is 0.775. The van der Waals surface area contributed by atoms with Gasteiger partial charge in [0.2, 0.25) is 0 Å². The lowest BCUT2D eigenvalue weighted by atomic mass is 10.2. The first kappa shape index (κ1) is 10.5. The van der Waals surface area contributed by atoms with E-state index >= 15 is 0 Å². The van der Waals surface area contributed by atoms with Gasteiger partial charge < -0.3 is 11.1 Å². The molecule has 0 atom stereocenters. The summed E-state index contributed by atoms with van der Waals surface area (Å²) in [6, 6.07) is 6.46. The van der Waals surface area contributed by atoms with E-state index < -0.39 is 0 Å². The van der Waals surface area contributed by atoms with Crippen molar-refractivity contribution in [1.29, 1.82) is 0 Å². The van der Waals surface area contributed by atoms with Crippen LogP contribution >= 0.6 is 0 Å². The summed E-state index contributed by atoms with van der Waals surface area (Å²) in [6.45, 7) is 0.525.